The van der Waals surface area contributed by atoms with Crippen molar-refractivity contribution in [3.05, 3.63) is 152 Å². The lowest BCUT2D eigenvalue weighted by molar-refractivity contribution is 0.440. The number of para-hydroxylation sites is 5. The van der Waals surface area contributed by atoms with Crippen LogP contribution in [0.5, 0.6) is 11.8 Å². The lowest BCUT2D eigenvalue weighted by Gasteiger charge is -2.27. The highest BCUT2D eigenvalue weighted by atomic mass is 16.5. The smallest absolute Gasteiger partial charge is 0.328 e. The molecule has 39 heavy (non-hydrogen) atoms. The molecular formula is C33H25N5O. The van der Waals surface area contributed by atoms with Crippen LogP contribution in [0.1, 0.15) is 0 Å². The molecule has 0 spiro atoms. The molecule has 0 unspecified atom stereocenters. The van der Waals surface area contributed by atoms with E-state index < -0.39 is 0 Å². The van der Waals surface area contributed by atoms with Gasteiger partial charge in [0.05, 0.1) is 0 Å². The number of hydrogen-bond acceptors (Lipinski definition) is 6. The molecule has 0 N–H and O–H groups in total. The van der Waals surface area contributed by atoms with Crippen LogP contribution in [0, 0.1) is 0 Å². The van der Waals surface area contributed by atoms with Crippen molar-refractivity contribution in [2.45, 2.75) is 0 Å². The Morgan fingerprint density at radius 1 is 0.359 bits per heavy atom. The van der Waals surface area contributed by atoms with Gasteiger partial charge in [-0.05, 0) is 60.7 Å². The van der Waals surface area contributed by atoms with Crippen molar-refractivity contribution < 1.29 is 4.74 Å². The van der Waals surface area contributed by atoms with E-state index in [4.69, 9.17) is 19.7 Å². The van der Waals surface area contributed by atoms with E-state index in [0.29, 0.717) is 17.6 Å². The van der Waals surface area contributed by atoms with Gasteiger partial charge in [-0.2, -0.15) is 15.0 Å². The molecule has 0 saturated carbocycles. The van der Waals surface area contributed by atoms with Crippen molar-refractivity contribution in [1.29, 1.82) is 0 Å². The van der Waals surface area contributed by atoms with Gasteiger partial charge >= 0.3 is 6.01 Å². The number of rotatable bonds is 8. The van der Waals surface area contributed by atoms with Crippen molar-refractivity contribution in [3.8, 4) is 11.8 Å². The Bertz CT molecular complexity index is 1440. The molecule has 188 valence electrons. The maximum Gasteiger partial charge on any atom is 0.328 e. The summed E-state index contributed by atoms with van der Waals surface area (Å²) in [6.07, 6.45) is 0. The van der Waals surface area contributed by atoms with Crippen molar-refractivity contribution in [2.75, 3.05) is 9.80 Å². The molecule has 5 aromatic carbocycles. The Balaban J connectivity index is 1.57. The van der Waals surface area contributed by atoms with Gasteiger partial charge in [0, 0.05) is 22.7 Å². The minimum atomic E-state index is 0.190. The number of aromatic nitrogens is 3. The van der Waals surface area contributed by atoms with Gasteiger partial charge in [0.2, 0.25) is 11.9 Å². The zero-order valence-electron chi connectivity index (χ0n) is 21.1. The summed E-state index contributed by atoms with van der Waals surface area (Å²) in [5, 5.41) is 0. The Labute approximate surface area is 227 Å². The second-order valence-corrected chi connectivity index (χ2v) is 8.65. The van der Waals surface area contributed by atoms with Crippen molar-refractivity contribution in [2.24, 2.45) is 0 Å². The molecule has 0 aliphatic rings. The maximum atomic E-state index is 6.19. The van der Waals surface area contributed by atoms with Gasteiger partial charge in [0.15, 0.2) is 0 Å². The molecule has 0 aliphatic heterocycles. The van der Waals surface area contributed by atoms with Crippen LogP contribution < -0.4 is 14.5 Å². The predicted octanol–water partition coefficient (Wildman–Crippen LogP) is 8.60. The Kier molecular flexibility index (Phi) is 6.90. The Morgan fingerprint density at radius 3 is 1.00 bits per heavy atom. The van der Waals surface area contributed by atoms with Crippen LogP contribution in [0.4, 0.5) is 34.6 Å². The number of ether oxygens (including phenoxy) is 1. The van der Waals surface area contributed by atoms with Crippen LogP contribution in [0.25, 0.3) is 0 Å². The summed E-state index contributed by atoms with van der Waals surface area (Å²) in [5.74, 6) is 1.50. The molecular weight excluding hydrogens is 482 g/mol. The van der Waals surface area contributed by atoms with Crippen LogP contribution in [-0.4, -0.2) is 15.0 Å². The van der Waals surface area contributed by atoms with Gasteiger partial charge in [0.1, 0.15) is 5.75 Å². The van der Waals surface area contributed by atoms with E-state index in [1.54, 1.807) is 0 Å². The SMILES string of the molecule is c1ccc(Oc2nc(N(c3ccccc3)c3ccccc3)nc(N(c3ccccc3)c3ccccc3)n2)cc1. The van der Waals surface area contributed by atoms with E-state index in [0.717, 1.165) is 22.7 Å². The van der Waals surface area contributed by atoms with Crippen LogP contribution in [0.2, 0.25) is 0 Å². The van der Waals surface area contributed by atoms with E-state index in [9.17, 15) is 0 Å². The molecule has 0 fully saturated rings. The minimum Gasteiger partial charge on any atom is -0.424 e. The second-order valence-electron chi connectivity index (χ2n) is 8.65. The largest absolute Gasteiger partial charge is 0.424 e. The summed E-state index contributed by atoms with van der Waals surface area (Å²) in [7, 11) is 0. The van der Waals surface area contributed by atoms with Gasteiger partial charge in [0.25, 0.3) is 0 Å². The number of benzene rings is 5. The molecule has 0 amide bonds. The van der Waals surface area contributed by atoms with E-state index in [2.05, 4.69) is 0 Å². The first kappa shape index (κ1) is 23.9. The summed E-state index contributed by atoms with van der Waals surface area (Å²) in [6, 6.07) is 49.9. The number of hydrogen-bond donors (Lipinski definition) is 0. The zero-order valence-corrected chi connectivity index (χ0v) is 21.1. The average Bonchev–Trinajstić information content (AvgIpc) is 3.00. The second kappa shape index (κ2) is 11.3. The summed E-state index contributed by atoms with van der Waals surface area (Å²) >= 11 is 0. The van der Waals surface area contributed by atoms with Crippen LogP contribution in [0.3, 0.4) is 0 Å². The standard InChI is InChI=1S/C33H25N5O/c1-6-16-26(17-7-1)37(27-18-8-2-9-19-27)31-34-32(36-33(35-31)39-30-24-14-5-15-25-30)38(28-20-10-3-11-21-28)29-22-12-4-13-23-29/h1-25H. The normalized spacial score (nSPS) is 10.6. The Hall–Kier alpha value is -5.49. The number of anilines is 6. The summed E-state index contributed by atoms with van der Waals surface area (Å²) in [6.45, 7) is 0. The van der Waals surface area contributed by atoms with Gasteiger partial charge in [-0.15, -0.1) is 0 Å². The van der Waals surface area contributed by atoms with E-state index in [-0.39, 0.29) is 6.01 Å². The molecule has 0 atom stereocenters. The minimum absolute atomic E-state index is 0.190. The molecule has 6 aromatic rings. The van der Waals surface area contributed by atoms with Gasteiger partial charge in [-0.25, -0.2) is 0 Å². The van der Waals surface area contributed by atoms with Crippen molar-refractivity contribution in [1.82, 2.24) is 15.0 Å². The van der Waals surface area contributed by atoms with Gasteiger partial charge in [-0.3, -0.25) is 9.80 Å². The molecule has 0 radical (unpaired) electrons. The third-order valence-electron chi connectivity index (χ3n) is 6.00. The highest BCUT2D eigenvalue weighted by Gasteiger charge is 2.23. The zero-order chi connectivity index (χ0) is 26.3. The topological polar surface area (TPSA) is 54.4 Å². The number of nitrogens with zero attached hydrogens (tertiary/aromatic N) is 5. The Morgan fingerprint density at radius 2 is 0.667 bits per heavy atom. The summed E-state index contributed by atoms with van der Waals surface area (Å²) in [5.41, 5.74) is 3.66. The fourth-order valence-electron chi connectivity index (χ4n) is 4.24. The third-order valence-corrected chi connectivity index (χ3v) is 6.00. The lowest BCUT2D eigenvalue weighted by Crippen LogP contribution is -2.19. The van der Waals surface area contributed by atoms with E-state index in [1.165, 1.54) is 0 Å². The molecule has 6 heteroatoms. The van der Waals surface area contributed by atoms with Crippen LogP contribution in [-0.2, 0) is 0 Å². The van der Waals surface area contributed by atoms with Crippen molar-refractivity contribution in [3.63, 3.8) is 0 Å². The lowest BCUT2D eigenvalue weighted by atomic mass is 10.2. The van der Waals surface area contributed by atoms with Crippen LogP contribution >= 0.6 is 0 Å². The summed E-state index contributed by atoms with van der Waals surface area (Å²) in [4.78, 5) is 18.6. The molecule has 6 rings (SSSR count). The highest BCUT2D eigenvalue weighted by Crippen LogP contribution is 2.37. The quantitative estimate of drug-likeness (QED) is 0.206. The molecule has 1 heterocycles. The maximum absolute atomic E-state index is 6.19. The first-order chi connectivity index (χ1) is 19.3. The molecule has 0 saturated heterocycles. The van der Waals surface area contributed by atoms with Crippen LogP contribution in [0.15, 0.2) is 152 Å². The fraction of sp³-hybridized carbons (Fsp3) is 0. The monoisotopic (exact) mass is 507 g/mol. The fourth-order valence-corrected chi connectivity index (χ4v) is 4.24. The third kappa shape index (κ3) is 5.45. The summed E-state index contributed by atoms with van der Waals surface area (Å²) < 4.78 is 6.19. The van der Waals surface area contributed by atoms with E-state index >= 15 is 0 Å². The van der Waals surface area contributed by atoms with Gasteiger partial charge < -0.3 is 4.74 Å². The molecule has 0 bridgehead atoms. The predicted molar refractivity (Wildman–Crippen MR) is 156 cm³/mol. The average molecular weight is 508 g/mol. The van der Waals surface area contributed by atoms with Gasteiger partial charge in [-0.1, -0.05) is 91.0 Å². The molecule has 0 aliphatic carbocycles. The van der Waals surface area contributed by atoms with E-state index in [1.807, 2.05) is 161 Å². The first-order valence-corrected chi connectivity index (χ1v) is 12.6. The molecule has 1 aromatic heterocycles. The first-order valence-electron chi connectivity index (χ1n) is 12.6. The molecule has 6 nitrogen and oxygen atoms in total. The van der Waals surface area contributed by atoms with Crippen molar-refractivity contribution >= 4 is 34.6 Å². The highest BCUT2D eigenvalue weighted by molar-refractivity contribution is 5.76.